The van der Waals surface area contributed by atoms with Gasteiger partial charge in [0.25, 0.3) is 5.91 Å². The highest BCUT2D eigenvalue weighted by Crippen LogP contribution is 2.37. The summed E-state index contributed by atoms with van der Waals surface area (Å²) in [6.45, 7) is -0.737. The van der Waals surface area contributed by atoms with Crippen LogP contribution in [0.15, 0.2) is 52.9 Å². The first-order chi connectivity index (χ1) is 17.1. The van der Waals surface area contributed by atoms with E-state index in [1.807, 2.05) is 0 Å². The lowest BCUT2D eigenvalue weighted by Crippen LogP contribution is -2.26. The van der Waals surface area contributed by atoms with Crippen molar-refractivity contribution in [3.05, 3.63) is 77.1 Å². The molecule has 2 aromatic heterocycles. The molecule has 4 rings (SSSR count). The number of ether oxygens (including phenoxy) is 1. The summed E-state index contributed by atoms with van der Waals surface area (Å²) in [4.78, 5) is 20.8. The van der Waals surface area contributed by atoms with Crippen LogP contribution >= 0.6 is 0 Å². The van der Waals surface area contributed by atoms with Gasteiger partial charge in [0.1, 0.15) is 22.8 Å². The molecule has 0 aliphatic heterocycles. The molecule has 1 amide bonds. The molecule has 2 heterocycles. The van der Waals surface area contributed by atoms with Crippen molar-refractivity contribution in [2.24, 2.45) is 5.73 Å². The standard InChI is InChI=1S/C24H20F4N4O4/c1-35-17-8-6-14(13-7-9-18(24(26,27)28)31-19(13)17)23-32-20(21(36-23)16(29)11-33)22(34)30-10-12-4-2-3-5-15(12)25/h2-9,16,33H,10-11,29H2,1H3,(H,30,34)/t16-/m0/s1. The third-order valence-corrected chi connectivity index (χ3v) is 5.36. The number of hydrogen-bond donors (Lipinski definition) is 3. The number of rotatable bonds is 7. The van der Waals surface area contributed by atoms with E-state index in [9.17, 15) is 27.5 Å². The van der Waals surface area contributed by atoms with E-state index in [4.69, 9.17) is 14.9 Å². The van der Waals surface area contributed by atoms with Crippen molar-refractivity contribution in [1.29, 1.82) is 0 Å². The number of nitrogens with zero attached hydrogens (tertiary/aromatic N) is 2. The number of pyridine rings is 1. The molecule has 0 saturated carbocycles. The number of aromatic nitrogens is 2. The summed E-state index contributed by atoms with van der Waals surface area (Å²) in [7, 11) is 1.29. The van der Waals surface area contributed by atoms with E-state index in [1.54, 1.807) is 6.07 Å². The maximum Gasteiger partial charge on any atom is 0.433 e. The molecular weight excluding hydrogens is 484 g/mol. The molecular formula is C24H20F4N4O4. The van der Waals surface area contributed by atoms with Crippen LogP contribution in [-0.2, 0) is 12.7 Å². The van der Waals surface area contributed by atoms with E-state index in [0.717, 1.165) is 6.07 Å². The van der Waals surface area contributed by atoms with Crippen molar-refractivity contribution < 1.29 is 36.6 Å². The average Bonchev–Trinajstić information content (AvgIpc) is 3.31. The highest BCUT2D eigenvalue weighted by Gasteiger charge is 2.33. The van der Waals surface area contributed by atoms with Gasteiger partial charge in [-0.1, -0.05) is 18.2 Å². The lowest BCUT2D eigenvalue weighted by Gasteiger charge is -2.11. The van der Waals surface area contributed by atoms with Gasteiger partial charge in [-0.2, -0.15) is 13.2 Å². The molecule has 0 bridgehead atoms. The number of nitrogens with two attached hydrogens (primary N) is 1. The van der Waals surface area contributed by atoms with Crippen LogP contribution in [0.5, 0.6) is 5.75 Å². The lowest BCUT2D eigenvalue weighted by atomic mass is 10.1. The Morgan fingerprint density at radius 1 is 1.17 bits per heavy atom. The molecule has 4 aromatic rings. The third-order valence-electron chi connectivity index (χ3n) is 5.36. The minimum absolute atomic E-state index is 0.0848. The molecule has 12 heteroatoms. The number of halogens is 4. The van der Waals surface area contributed by atoms with Gasteiger partial charge in [0.2, 0.25) is 5.89 Å². The fourth-order valence-electron chi connectivity index (χ4n) is 3.55. The highest BCUT2D eigenvalue weighted by atomic mass is 19.4. The second-order valence-corrected chi connectivity index (χ2v) is 7.70. The zero-order valence-corrected chi connectivity index (χ0v) is 18.8. The number of oxazole rings is 1. The summed E-state index contributed by atoms with van der Waals surface area (Å²) in [5.74, 6) is -1.47. The molecule has 2 aromatic carbocycles. The number of carbonyl (C=O) groups is 1. The fraction of sp³-hybridized carbons (Fsp3) is 0.208. The Morgan fingerprint density at radius 2 is 1.92 bits per heavy atom. The van der Waals surface area contributed by atoms with Gasteiger partial charge in [-0.3, -0.25) is 4.79 Å². The zero-order valence-electron chi connectivity index (χ0n) is 18.8. The van der Waals surface area contributed by atoms with Crippen molar-refractivity contribution in [1.82, 2.24) is 15.3 Å². The Balaban J connectivity index is 1.77. The number of amides is 1. The van der Waals surface area contributed by atoms with Gasteiger partial charge in [-0.25, -0.2) is 14.4 Å². The predicted molar refractivity (Wildman–Crippen MR) is 120 cm³/mol. The summed E-state index contributed by atoms with van der Waals surface area (Å²) < 4.78 is 64.5. The second kappa shape index (κ2) is 9.91. The first kappa shape index (κ1) is 25.1. The zero-order chi connectivity index (χ0) is 26.0. The van der Waals surface area contributed by atoms with Crippen molar-refractivity contribution in [2.45, 2.75) is 18.8 Å². The van der Waals surface area contributed by atoms with Gasteiger partial charge in [0.15, 0.2) is 11.5 Å². The highest BCUT2D eigenvalue weighted by molar-refractivity contribution is 5.98. The van der Waals surface area contributed by atoms with Gasteiger partial charge in [-0.15, -0.1) is 0 Å². The quantitative estimate of drug-likeness (QED) is 0.325. The van der Waals surface area contributed by atoms with Crippen LogP contribution in [0.3, 0.4) is 0 Å². The molecule has 36 heavy (non-hydrogen) atoms. The predicted octanol–water partition coefficient (Wildman–Crippen LogP) is 3.98. The van der Waals surface area contributed by atoms with Gasteiger partial charge in [0.05, 0.1) is 19.8 Å². The van der Waals surface area contributed by atoms with E-state index < -0.39 is 36.2 Å². The molecule has 0 aliphatic rings. The number of aliphatic hydroxyl groups excluding tert-OH is 1. The molecule has 0 unspecified atom stereocenters. The monoisotopic (exact) mass is 504 g/mol. The van der Waals surface area contributed by atoms with Gasteiger partial charge >= 0.3 is 6.18 Å². The summed E-state index contributed by atoms with van der Waals surface area (Å²) in [5, 5.41) is 12.3. The topological polar surface area (TPSA) is 124 Å². The number of benzene rings is 2. The largest absolute Gasteiger partial charge is 0.494 e. The van der Waals surface area contributed by atoms with Gasteiger partial charge < -0.3 is 25.3 Å². The van der Waals surface area contributed by atoms with E-state index >= 15 is 0 Å². The first-order valence-electron chi connectivity index (χ1n) is 10.6. The lowest BCUT2D eigenvalue weighted by molar-refractivity contribution is -0.140. The summed E-state index contributed by atoms with van der Waals surface area (Å²) in [6, 6.07) is 9.60. The Morgan fingerprint density at radius 3 is 2.58 bits per heavy atom. The molecule has 8 nitrogen and oxygen atoms in total. The fourth-order valence-corrected chi connectivity index (χ4v) is 3.55. The third kappa shape index (κ3) is 4.86. The Labute approximate surface area is 201 Å². The summed E-state index contributed by atoms with van der Waals surface area (Å²) in [5.41, 5.74) is 4.88. The second-order valence-electron chi connectivity index (χ2n) is 7.70. The maximum absolute atomic E-state index is 13.9. The number of hydrogen-bond acceptors (Lipinski definition) is 7. The van der Waals surface area contributed by atoms with E-state index in [0.29, 0.717) is 0 Å². The van der Waals surface area contributed by atoms with Crippen LogP contribution in [0.4, 0.5) is 17.6 Å². The smallest absolute Gasteiger partial charge is 0.433 e. The van der Waals surface area contributed by atoms with Gasteiger partial charge in [0, 0.05) is 23.1 Å². The molecule has 0 radical (unpaired) electrons. The SMILES string of the molecule is COc1ccc(-c2nc(C(=O)NCc3ccccc3F)c([C@@H](N)CO)o2)c2ccc(C(F)(F)F)nc12. The van der Waals surface area contributed by atoms with Crippen molar-refractivity contribution in [3.8, 4) is 17.2 Å². The molecule has 1 atom stereocenters. The maximum atomic E-state index is 13.9. The van der Waals surface area contributed by atoms with Crippen molar-refractivity contribution in [3.63, 3.8) is 0 Å². The average molecular weight is 504 g/mol. The summed E-state index contributed by atoms with van der Waals surface area (Å²) >= 11 is 0. The molecule has 0 aliphatic carbocycles. The number of aliphatic hydroxyl groups is 1. The number of alkyl halides is 3. The van der Waals surface area contributed by atoms with Crippen molar-refractivity contribution in [2.75, 3.05) is 13.7 Å². The van der Waals surface area contributed by atoms with E-state index in [-0.39, 0.29) is 51.7 Å². The van der Waals surface area contributed by atoms with Crippen LogP contribution in [0, 0.1) is 5.82 Å². The number of fused-ring (bicyclic) bond motifs is 1. The molecule has 0 saturated heterocycles. The number of methoxy groups -OCH3 is 1. The Kier molecular flexibility index (Phi) is 6.91. The molecule has 188 valence electrons. The number of carbonyl (C=O) groups excluding carboxylic acids is 1. The molecule has 0 fully saturated rings. The summed E-state index contributed by atoms with van der Waals surface area (Å²) in [6.07, 6.45) is -4.68. The normalized spacial score (nSPS) is 12.5. The van der Waals surface area contributed by atoms with Crippen LogP contribution in [-0.4, -0.2) is 34.7 Å². The minimum atomic E-state index is -4.68. The minimum Gasteiger partial charge on any atom is -0.494 e. The molecule has 0 spiro atoms. The van der Waals surface area contributed by atoms with Crippen LogP contribution in [0.25, 0.3) is 22.4 Å². The van der Waals surface area contributed by atoms with E-state index in [1.165, 1.54) is 43.5 Å². The van der Waals surface area contributed by atoms with Crippen LogP contribution in [0.1, 0.15) is 33.5 Å². The Bertz CT molecular complexity index is 1420. The van der Waals surface area contributed by atoms with Crippen LogP contribution in [0.2, 0.25) is 0 Å². The van der Waals surface area contributed by atoms with E-state index in [2.05, 4.69) is 15.3 Å². The van der Waals surface area contributed by atoms with Crippen LogP contribution < -0.4 is 15.8 Å². The molecule has 4 N–H and O–H groups in total. The van der Waals surface area contributed by atoms with Gasteiger partial charge in [-0.05, 0) is 30.3 Å². The number of nitrogens with one attached hydrogen (secondary N) is 1. The van der Waals surface area contributed by atoms with Crippen molar-refractivity contribution >= 4 is 16.8 Å². The Hall–Kier alpha value is -4.03. The first-order valence-corrected chi connectivity index (χ1v) is 10.6.